The van der Waals surface area contributed by atoms with Crippen LogP contribution in [0.3, 0.4) is 0 Å². The zero-order valence-corrected chi connectivity index (χ0v) is 12.3. The van der Waals surface area contributed by atoms with Gasteiger partial charge >= 0.3 is 0 Å². The Morgan fingerprint density at radius 3 is 2.06 bits per heavy atom. The van der Waals surface area contributed by atoms with E-state index in [9.17, 15) is 0 Å². The predicted molar refractivity (Wildman–Crippen MR) is 71.8 cm³/mol. The van der Waals surface area contributed by atoms with Crippen LogP contribution in [-0.4, -0.2) is 25.3 Å². The van der Waals surface area contributed by atoms with E-state index in [1.807, 2.05) is 0 Å². The molecular weight excluding hydrogens is 198 g/mol. The Hall–Kier alpha value is -0.0800. The average molecular weight is 229 g/mol. The molecule has 2 atom stereocenters. The van der Waals surface area contributed by atoms with E-state index in [1.54, 1.807) is 0 Å². The van der Waals surface area contributed by atoms with Gasteiger partial charge in [0.1, 0.15) is 0 Å². The first-order chi connectivity index (χ1) is 7.29. The quantitative estimate of drug-likeness (QED) is 0.722. The molecule has 0 aromatic carbocycles. The molecule has 0 aromatic heterocycles. The summed E-state index contributed by atoms with van der Waals surface area (Å²) in [4.78, 5) is 0. The first-order valence-electron chi connectivity index (χ1n) is 6.64. The molecule has 0 aliphatic heterocycles. The Kier molecular flexibility index (Phi) is 7.25. The lowest BCUT2D eigenvalue weighted by molar-refractivity contribution is 0.00368. The maximum Gasteiger partial charge on any atom is 0.0628 e. The van der Waals surface area contributed by atoms with Crippen LogP contribution in [0.15, 0.2) is 0 Å². The highest BCUT2D eigenvalue weighted by Gasteiger charge is 2.24. The van der Waals surface area contributed by atoms with Gasteiger partial charge in [0.2, 0.25) is 0 Å². The molecular formula is C14H31NO. The summed E-state index contributed by atoms with van der Waals surface area (Å²) in [5.74, 6) is 0.590. The average Bonchev–Trinajstić information content (AvgIpc) is 2.15. The zero-order valence-electron chi connectivity index (χ0n) is 12.3. The lowest BCUT2D eigenvalue weighted by atomic mass is 9.87. The van der Waals surface area contributed by atoms with E-state index >= 15 is 0 Å². The zero-order chi connectivity index (χ0) is 12.8. The van der Waals surface area contributed by atoms with Crippen molar-refractivity contribution in [1.82, 2.24) is 5.32 Å². The topological polar surface area (TPSA) is 21.3 Å². The van der Waals surface area contributed by atoms with Gasteiger partial charge in [0.25, 0.3) is 0 Å². The summed E-state index contributed by atoms with van der Waals surface area (Å²) in [5, 5.41) is 3.58. The van der Waals surface area contributed by atoms with Crippen molar-refractivity contribution in [1.29, 1.82) is 0 Å². The van der Waals surface area contributed by atoms with Gasteiger partial charge in [-0.25, -0.2) is 0 Å². The SMILES string of the molecule is CCCNC(COC(C)C(C)C)C(C)(C)C. The summed E-state index contributed by atoms with van der Waals surface area (Å²) in [6.45, 7) is 17.4. The molecule has 0 bridgehead atoms. The number of hydrogen-bond donors (Lipinski definition) is 1. The molecule has 0 aliphatic carbocycles. The highest BCUT2D eigenvalue weighted by molar-refractivity contribution is 4.80. The van der Waals surface area contributed by atoms with Crippen molar-refractivity contribution < 1.29 is 4.74 Å². The molecule has 1 N–H and O–H groups in total. The van der Waals surface area contributed by atoms with Crippen LogP contribution in [0.2, 0.25) is 0 Å². The minimum Gasteiger partial charge on any atom is -0.377 e. The van der Waals surface area contributed by atoms with Crippen LogP contribution >= 0.6 is 0 Å². The van der Waals surface area contributed by atoms with E-state index in [1.165, 1.54) is 6.42 Å². The molecule has 0 radical (unpaired) electrons. The third-order valence-corrected chi connectivity index (χ3v) is 3.15. The summed E-state index contributed by atoms with van der Waals surface area (Å²) >= 11 is 0. The van der Waals surface area contributed by atoms with Crippen molar-refractivity contribution in [2.45, 2.75) is 67.0 Å². The number of rotatable bonds is 7. The Bertz CT molecular complexity index is 172. The largest absolute Gasteiger partial charge is 0.377 e. The number of hydrogen-bond acceptors (Lipinski definition) is 2. The fourth-order valence-electron chi connectivity index (χ4n) is 1.37. The van der Waals surface area contributed by atoms with Crippen molar-refractivity contribution in [3.8, 4) is 0 Å². The Labute approximate surface area is 102 Å². The fourth-order valence-corrected chi connectivity index (χ4v) is 1.37. The van der Waals surface area contributed by atoms with Gasteiger partial charge < -0.3 is 10.1 Å². The molecule has 2 nitrogen and oxygen atoms in total. The van der Waals surface area contributed by atoms with Crippen LogP contribution in [0.25, 0.3) is 0 Å². The van der Waals surface area contributed by atoms with Crippen LogP contribution in [0.1, 0.15) is 54.9 Å². The summed E-state index contributed by atoms with van der Waals surface area (Å²) in [7, 11) is 0. The lowest BCUT2D eigenvalue weighted by Crippen LogP contribution is -2.45. The minimum absolute atomic E-state index is 0.256. The van der Waals surface area contributed by atoms with Gasteiger partial charge in [-0.15, -0.1) is 0 Å². The Morgan fingerprint density at radius 2 is 1.69 bits per heavy atom. The van der Waals surface area contributed by atoms with Gasteiger partial charge in [-0.1, -0.05) is 41.5 Å². The summed E-state index contributed by atoms with van der Waals surface area (Å²) in [5.41, 5.74) is 0.256. The Balaban J connectivity index is 4.12. The second kappa shape index (κ2) is 7.29. The van der Waals surface area contributed by atoms with Crippen LogP contribution in [0.5, 0.6) is 0 Å². The highest BCUT2D eigenvalue weighted by Crippen LogP contribution is 2.20. The fraction of sp³-hybridized carbons (Fsp3) is 1.00. The van der Waals surface area contributed by atoms with Crippen molar-refractivity contribution in [3.63, 3.8) is 0 Å². The first kappa shape index (κ1) is 15.9. The first-order valence-corrected chi connectivity index (χ1v) is 6.64. The molecule has 2 heteroatoms. The highest BCUT2D eigenvalue weighted by atomic mass is 16.5. The maximum atomic E-state index is 5.93. The second-order valence-corrected chi connectivity index (χ2v) is 6.16. The number of nitrogens with one attached hydrogen (secondary N) is 1. The minimum atomic E-state index is 0.256. The van der Waals surface area contributed by atoms with Gasteiger partial charge in [-0.05, 0) is 31.2 Å². The molecule has 0 heterocycles. The standard InChI is InChI=1S/C14H31NO/c1-8-9-15-13(14(5,6)7)10-16-12(4)11(2)3/h11-13,15H,8-10H2,1-7H3. The monoisotopic (exact) mass is 229 g/mol. The van der Waals surface area contributed by atoms with E-state index < -0.39 is 0 Å². The molecule has 98 valence electrons. The van der Waals surface area contributed by atoms with Gasteiger partial charge in [0, 0.05) is 6.04 Å². The van der Waals surface area contributed by atoms with Gasteiger partial charge in [0.15, 0.2) is 0 Å². The van der Waals surface area contributed by atoms with E-state index in [0.717, 1.165) is 13.2 Å². The smallest absolute Gasteiger partial charge is 0.0628 e. The molecule has 0 aliphatic rings. The van der Waals surface area contributed by atoms with Crippen LogP contribution in [0.4, 0.5) is 0 Å². The molecule has 0 saturated carbocycles. The van der Waals surface area contributed by atoms with Crippen molar-refractivity contribution in [2.75, 3.05) is 13.2 Å². The van der Waals surface area contributed by atoms with E-state index in [2.05, 4.69) is 53.8 Å². The third kappa shape index (κ3) is 6.49. The van der Waals surface area contributed by atoms with E-state index in [0.29, 0.717) is 18.1 Å². The molecule has 16 heavy (non-hydrogen) atoms. The summed E-state index contributed by atoms with van der Waals surface area (Å²) in [6, 6.07) is 0.439. The molecule has 0 aromatic rings. The molecule has 0 amide bonds. The molecule has 0 saturated heterocycles. The second-order valence-electron chi connectivity index (χ2n) is 6.16. The third-order valence-electron chi connectivity index (χ3n) is 3.15. The van der Waals surface area contributed by atoms with Crippen molar-refractivity contribution in [2.24, 2.45) is 11.3 Å². The van der Waals surface area contributed by atoms with E-state index in [-0.39, 0.29) is 5.41 Å². The van der Waals surface area contributed by atoms with Gasteiger partial charge in [-0.2, -0.15) is 0 Å². The van der Waals surface area contributed by atoms with Gasteiger partial charge in [-0.3, -0.25) is 0 Å². The normalized spacial score (nSPS) is 16.5. The van der Waals surface area contributed by atoms with E-state index in [4.69, 9.17) is 4.74 Å². The van der Waals surface area contributed by atoms with Crippen molar-refractivity contribution in [3.05, 3.63) is 0 Å². The molecule has 2 unspecified atom stereocenters. The molecule has 0 fully saturated rings. The van der Waals surface area contributed by atoms with Gasteiger partial charge in [0.05, 0.1) is 12.7 Å². The summed E-state index contributed by atoms with van der Waals surface area (Å²) in [6.07, 6.45) is 1.51. The summed E-state index contributed by atoms with van der Waals surface area (Å²) < 4.78 is 5.93. The molecule has 0 rings (SSSR count). The van der Waals surface area contributed by atoms with Crippen LogP contribution in [-0.2, 0) is 4.74 Å². The Morgan fingerprint density at radius 1 is 1.12 bits per heavy atom. The predicted octanol–water partition coefficient (Wildman–Crippen LogP) is 3.46. The lowest BCUT2D eigenvalue weighted by Gasteiger charge is -2.33. The number of ether oxygens (including phenoxy) is 1. The van der Waals surface area contributed by atoms with Crippen molar-refractivity contribution >= 4 is 0 Å². The van der Waals surface area contributed by atoms with Crippen LogP contribution in [0, 0.1) is 11.3 Å². The maximum absolute atomic E-state index is 5.93. The molecule has 0 spiro atoms. The van der Waals surface area contributed by atoms with Crippen LogP contribution < -0.4 is 5.32 Å².